The zero-order valence-corrected chi connectivity index (χ0v) is 11.1. The smallest absolute Gasteiger partial charge is 0.124 e. The summed E-state index contributed by atoms with van der Waals surface area (Å²) in [7, 11) is 0. The molecule has 1 unspecified atom stereocenters. The lowest BCUT2D eigenvalue weighted by Crippen LogP contribution is -2.39. The molecule has 0 bridgehead atoms. The van der Waals surface area contributed by atoms with E-state index in [1.54, 1.807) is 12.2 Å². The molecule has 18 heavy (non-hydrogen) atoms. The van der Waals surface area contributed by atoms with Crippen molar-refractivity contribution in [1.29, 1.82) is 0 Å². The number of alkyl halides is 1. The van der Waals surface area contributed by atoms with Gasteiger partial charge in [0.25, 0.3) is 0 Å². The van der Waals surface area contributed by atoms with Crippen molar-refractivity contribution in [3.8, 4) is 0 Å². The van der Waals surface area contributed by atoms with Gasteiger partial charge in [-0.25, -0.2) is 4.39 Å². The predicted molar refractivity (Wildman–Crippen MR) is 75.1 cm³/mol. The first-order valence-corrected chi connectivity index (χ1v) is 6.56. The summed E-state index contributed by atoms with van der Waals surface area (Å²) in [5.41, 5.74) is 2.56. The van der Waals surface area contributed by atoms with Gasteiger partial charge >= 0.3 is 0 Å². The van der Waals surface area contributed by atoms with Crippen molar-refractivity contribution in [3.63, 3.8) is 0 Å². The maximum atomic E-state index is 14.8. The summed E-state index contributed by atoms with van der Waals surface area (Å²) in [6.07, 6.45) is 7.38. The molecule has 0 saturated heterocycles. The number of allylic oxidation sites excluding steroid dienone is 1. The Morgan fingerprint density at radius 2 is 2.17 bits per heavy atom. The van der Waals surface area contributed by atoms with E-state index in [0.29, 0.717) is 32.5 Å². The topological polar surface area (TPSA) is 3.24 Å². The highest BCUT2D eigenvalue weighted by atomic mass is 19.1. The molecule has 1 atom stereocenters. The largest absolute Gasteiger partial charge is 0.292 e. The Morgan fingerprint density at radius 3 is 2.83 bits per heavy atom. The zero-order chi connectivity index (χ0) is 13.4. The molecule has 1 radical (unpaired) electrons. The number of hydrogen-bond acceptors (Lipinski definition) is 1. The van der Waals surface area contributed by atoms with E-state index in [1.807, 2.05) is 4.90 Å². The van der Waals surface area contributed by atoms with Gasteiger partial charge in [-0.2, -0.15) is 0 Å². The van der Waals surface area contributed by atoms with Crippen LogP contribution >= 0.6 is 0 Å². The quantitative estimate of drug-likeness (QED) is 0.392. The fourth-order valence-corrected chi connectivity index (χ4v) is 2.43. The van der Waals surface area contributed by atoms with E-state index in [4.69, 9.17) is 6.58 Å². The monoisotopic (exact) mass is 248 g/mol. The fraction of sp³-hybridized carbons (Fsp3) is 0.562. The third-order valence-corrected chi connectivity index (χ3v) is 3.44. The van der Waals surface area contributed by atoms with Crippen molar-refractivity contribution in [3.05, 3.63) is 43.2 Å². The lowest BCUT2D eigenvalue weighted by Gasteiger charge is -2.30. The third-order valence-electron chi connectivity index (χ3n) is 3.44. The molecule has 1 aliphatic carbocycles. The number of nitrogens with zero attached hydrogens (tertiary/aromatic N) is 1. The van der Waals surface area contributed by atoms with Crippen LogP contribution in [0.3, 0.4) is 0 Å². The minimum Gasteiger partial charge on any atom is -0.292 e. The Labute approximate surface area is 110 Å². The maximum absolute atomic E-state index is 14.8. The molecule has 1 saturated carbocycles. The van der Waals surface area contributed by atoms with Crippen LogP contribution in [0.2, 0.25) is 0 Å². The Bertz CT molecular complexity index is 341. The molecule has 0 heterocycles. The molecule has 99 valence electrons. The summed E-state index contributed by atoms with van der Waals surface area (Å²) in [6, 6.07) is 0. The molecule has 1 fully saturated rings. The fourth-order valence-electron chi connectivity index (χ4n) is 2.43. The summed E-state index contributed by atoms with van der Waals surface area (Å²) in [4.78, 5) is 2.01. The van der Waals surface area contributed by atoms with Crippen LogP contribution in [0, 0.1) is 6.58 Å². The molecule has 0 N–H and O–H groups in total. The SMILES string of the molecule is [CH]=C=CCN(CC=C)CC1(F)CCCC(=C)CC1. The summed E-state index contributed by atoms with van der Waals surface area (Å²) in [6.45, 7) is 14.6. The maximum Gasteiger partial charge on any atom is 0.124 e. The molecule has 0 aromatic rings. The molecular weight excluding hydrogens is 225 g/mol. The van der Waals surface area contributed by atoms with Crippen LogP contribution in [0.5, 0.6) is 0 Å². The van der Waals surface area contributed by atoms with Crippen molar-refractivity contribution in [2.75, 3.05) is 19.6 Å². The first-order valence-electron chi connectivity index (χ1n) is 6.56. The normalized spacial score (nSPS) is 24.4. The standard InChI is InChI=1S/C16H23FN/c1-4-6-13-18(12-5-2)14-16(17)10-7-8-15(3)9-11-16/h1,5-6H,2-3,7-14H2. The van der Waals surface area contributed by atoms with E-state index in [-0.39, 0.29) is 0 Å². The first-order chi connectivity index (χ1) is 8.59. The number of hydrogen-bond donors (Lipinski definition) is 0. The van der Waals surface area contributed by atoms with Crippen LogP contribution in [-0.2, 0) is 0 Å². The Kier molecular flexibility index (Phi) is 6.11. The molecule has 1 nitrogen and oxygen atoms in total. The van der Waals surface area contributed by atoms with Gasteiger partial charge in [0, 0.05) is 19.6 Å². The Hall–Kier alpha value is -1.11. The van der Waals surface area contributed by atoms with Crippen LogP contribution in [0.4, 0.5) is 4.39 Å². The Morgan fingerprint density at radius 1 is 1.39 bits per heavy atom. The molecular formula is C16H23FN. The van der Waals surface area contributed by atoms with Crippen molar-refractivity contribution in [2.24, 2.45) is 0 Å². The second-order valence-corrected chi connectivity index (χ2v) is 5.11. The van der Waals surface area contributed by atoms with Crippen LogP contribution in [0.1, 0.15) is 32.1 Å². The van der Waals surface area contributed by atoms with Gasteiger partial charge < -0.3 is 0 Å². The summed E-state index contributed by atoms with van der Waals surface area (Å²) < 4.78 is 14.8. The molecule has 0 amide bonds. The average molecular weight is 248 g/mol. The molecule has 1 aliphatic rings. The molecule has 0 aromatic carbocycles. The van der Waals surface area contributed by atoms with Gasteiger partial charge in [-0.1, -0.05) is 18.2 Å². The minimum absolute atomic E-state index is 0.435. The van der Waals surface area contributed by atoms with Crippen LogP contribution in [-0.4, -0.2) is 30.2 Å². The average Bonchev–Trinajstić information content (AvgIpc) is 2.49. The van der Waals surface area contributed by atoms with Crippen LogP contribution in [0.15, 0.2) is 36.6 Å². The second kappa shape index (κ2) is 7.35. The van der Waals surface area contributed by atoms with Crippen LogP contribution < -0.4 is 0 Å². The van der Waals surface area contributed by atoms with E-state index in [2.05, 4.69) is 18.9 Å². The van der Waals surface area contributed by atoms with Gasteiger partial charge in [0.2, 0.25) is 0 Å². The van der Waals surface area contributed by atoms with Crippen molar-refractivity contribution < 1.29 is 4.39 Å². The van der Waals surface area contributed by atoms with E-state index in [9.17, 15) is 4.39 Å². The molecule has 0 aromatic heterocycles. The van der Waals surface area contributed by atoms with E-state index < -0.39 is 5.67 Å². The second-order valence-electron chi connectivity index (χ2n) is 5.11. The molecule has 0 spiro atoms. The summed E-state index contributed by atoms with van der Waals surface area (Å²) in [5, 5.41) is 0. The molecule has 0 aliphatic heterocycles. The lowest BCUT2D eigenvalue weighted by molar-refractivity contribution is 0.0879. The van der Waals surface area contributed by atoms with Gasteiger partial charge in [-0.3, -0.25) is 4.90 Å². The van der Waals surface area contributed by atoms with Crippen molar-refractivity contribution in [1.82, 2.24) is 4.90 Å². The lowest BCUT2D eigenvalue weighted by atomic mass is 9.95. The van der Waals surface area contributed by atoms with E-state index in [0.717, 1.165) is 19.3 Å². The van der Waals surface area contributed by atoms with Crippen molar-refractivity contribution in [2.45, 2.75) is 37.8 Å². The highest BCUT2D eigenvalue weighted by Gasteiger charge is 2.32. The van der Waals surface area contributed by atoms with Gasteiger partial charge in [0.15, 0.2) is 0 Å². The predicted octanol–water partition coefficient (Wildman–Crippen LogP) is 3.85. The van der Waals surface area contributed by atoms with E-state index in [1.165, 1.54) is 5.57 Å². The van der Waals surface area contributed by atoms with Gasteiger partial charge in [-0.05, 0) is 44.8 Å². The summed E-state index contributed by atoms with van der Waals surface area (Å²) >= 11 is 0. The van der Waals surface area contributed by atoms with Gasteiger partial charge in [-0.15, -0.1) is 12.3 Å². The van der Waals surface area contributed by atoms with Crippen LogP contribution in [0.25, 0.3) is 0 Å². The minimum atomic E-state index is -1.11. The van der Waals surface area contributed by atoms with Gasteiger partial charge in [0.05, 0.1) is 0 Å². The third kappa shape index (κ3) is 5.03. The molecule has 1 rings (SSSR count). The van der Waals surface area contributed by atoms with E-state index >= 15 is 0 Å². The highest BCUT2D eigenvalue weighted by Crippen LogP contribution is 2.33. The Balaban J connectivity index is 2.61. The zero-order valence-electron chi connectivity index (χ0n) is 11.1. The number of halogens is 1. The van der Waals surface area contributed by atoms with Crippen molar-refractivity contribution >= 4 is 0 Å². The number of rotatable bonds is 6. The molecule has 2 heteroatoms. The first kappa shape index (κ1) is 14.9. The highest BCUT2D eigenvalue weighted by molar-refractivity contribution is 5.01. The van der Waals surface area contributed by atoms with Gasteiger partial charge in [0.1, 0.15) is 5.67 Å². The summed E-state index contributed by atoms with van der Waals surface area (Å²) in [5.74, 6) is 0.